The number of hydrogen-bond acceptors (Lipinski definition) is 4. The zero-order chi connectivity index (χ0) is 15.5. The molecule has 1 atom stereocenters. The Hall–Kier alpha value is -1.30. The Kier molecular flexibility index (Phi) is 5.08. The molecular formula is C15H22BrN3O2. The standard InChI is InChI=1S/C15H22BrN3O2/c1-15(2,3)21-14(20)19-9-5-6-11(19)10-18-12-7-4-8-17-13(12)16/h4,7-8,11,18H,5-6,9-10H2,1-3H3. The highest BCUT2D eigenvalue weighted by atomic mass is 79.9. The number of hydrogen-bond donors (Lipinski definition) is 1. The van der Waals surface area contributed by atoms with Crippen LogP contribution in [-0.4, -0.2) is 40.7 Å². The molecule has 1 unspecified atom stereocenters. The molecule has 0 radical (unpaired) electrons. The summed E-state index contributed by atoms with van der Waals surface area (Å²) in [5, 5.41) is 3.34. The van der Waals surface area contributed by atoms with Crippen LogP contribution in [0.2, 0.25) is 0 Å². The summed E-state index contributed by atoms with van der Waals surface area (Å²) < 4.78 is 6.25. The van der Waals surface area contributed by atoms with Gasteiger partial charge in [-0.15, -0.1) is 0 Å². The molecule has 1 amide bonds. The lowest BCUT2D eigenvalue weighted by Gasteiger charge is -2.29. The normalized spacial score (nSPS) is 18.7. The second-order valence-corrected chi connectivity index (χ2v) is 6.94. The largest absolute Gasteiger partial charge is 0.444 e. The molecule has 1 aromatic rings. The topological polar surface area (TPSA) is 54.5 Å². The summed E-state index contributed by atoms with van der Waals surface area (Å²) in [6.07, 6.45) is 3.51. The van der Waals surface area contributed by atoms with E-state index in [9.17, 15) is 4.79 Å². The molecule has 1 aromatic heterocycles. The zero-order valence-corrected chi connectivity index (χ0v) is 14.3. The van der Waals surface area contributed by atoms with Gasteiger partial charge in [0, 0.05) is 19.3 Å². The third kappa shape index (κ3) is 4.59. The quantitative estimate of drug-likeness (QED) is 0.840. The smallest absolute Gasteiger partial charge is 0.410 e. The SMILES string of the molecule is CC(C)(C)OC(=O)N1CCCC1CNc1cccnc1Br. The monoisotopic (exact) mass is 355 g/mol. The molecule has 21 heavy (non-hydrogen) atoms. The van der Waals surface area contributed by atoms with Gasteiger partial charge in [-0.3, -0.25) is 0 Å². The highest BCUT2D eigenvalue weighted by Gasteiger charge is 2.31. The van der Waals surface area contributed by atoms with Gasteiger partial charge in [0.2, 0.25) is 0 Å². The van der Waals surface area contributed by atoms with Crippen LogP contribution in [0.3, 0.4) is 0 Å². The molecule has 2 rings (SSSR count). The van der Waals surface area contributed by atoms with Crippen molar-refractivity contribution in [3.05, 3.63) is 22.9 Å². The Bertz CT molecular complexity index is 502. The molecule has 2 heterocycles. The van der Waals surface area contributed by atoms with Crippen molar-refractivity contribution in [3.8, 4) is 0 Å². The summed E-state index contributed by atoms with van der Waals surface area (Å²) in [4.78, 5) is 18.2. The van der Waals surface area contributed by atoms with Crippen LogP contribution in [0.4, 0.5) is 10.5 Å². The molecule has 5 nitrogen and oxygen atoms in total. The van der Waals surface area contributed by atoms with E-state index in [4.69, 9.17) is 4.74 Å². The van der Waals surface area contributed by atoms with Crippen LogP contribution in [-0.2, 0) is 4.74 Å². The predicted octanol–water partition coefficient (Wildman–Crippen LogP) is 3.66. The number of nitrogens with one attached hydrogen (secondary N) is 1. The minimum absolute atomic E-state index is 0.159. The fourth-order valence-corrected chi connectivity index (χ4v) is 2.75. The van der Waals surface area contributed by atoms with Crippen LogP contribution in [0.5, 0.6) is 0 Å². The summed E-state index contributed by atoms with van der Waals surface area (Å²) in [6.45, 7) is 7.13. The third-order valence-electron chi connectivity index (χ3n) is 3.29. The Morgan fingerprint density at radius 2 is 2.33 bits per heavy atom. The number of amides is 1. The Balaban J connectivity index is 1.93. The van der Waals surface area contributed by atoms with Crippen LogP contribution >= 0.6 is 15.9 Å². The summed E-state index contributed by atoms with van der Waals surface area (Å²) in [5.74, 6) is 0. The zero-order valence-electron chi connectivity index (χ0n) is 12.7. The van der Waals surface area contributed by atoms with Gasteiger partial charge in [-0.1, -0.05) is 0 Å². The van der Waals surface area contributed by atoms with Crippen LogP contribution in [0.1, 0.15) is 33.6 Å². The van der Waals surface area contributed by atoms with Gasteiger partial charge in [0.15, 0.2) is 0 Å². The average molecular weight is 356 g/mol. The lowest BCUT2D eigenvalue weighted by atomic mass is 10.2. The van der Waals surface area contributed by atoms with Crippen LogP contribution in [0.15, 0.2) is 22.9 Å². The number of carbonyl (C=O) groups is 1. The van der Waals surface area contributed by atoms with Gasteiger partial charge in [0.1, 0.15) is 10.2 Å². The van der Waals surface area contributed by atoms with Gasteiger partial charge in [0.05, 0.1) is 11.7 Å². The van der Waals surface area contributed by atoms with Crippen molar-refractivity contribution in [2.45, 2.75) is 45.3 Å². The predicted molar refractivity (Wildman–Crippen MR) is 86.4 cm³/mol. The van der Waals surface area contributed by atoms with E-state index in [0.29, 0.717) is 6.54 Å². The van der Waals surface area contributed by atoms with Crippen molar-refractivity contribution in [3.63, 3.8) is 0 Å². The summed E-state index contributed by atoms with van der Waals surface area (Å²) >= 11 is 3.41. The first-order valence-corrected chi connectivity index (χ1v) is 8.00. The van der Waals surface area contributed by atoms with Crippen molar-refractivity contribution in [1.82, 2.24) is 9.88 Å². The molecule has 1 aliphatic rings. The fourth-order valence-electron chi connectivity index (χ4n) is 2.35. The van der Waals surface area contributed by atoms with Gasteiger partial charge < -0.3 is 15.0 Å². The minimum atomic E-state index is -0.454. The van der Waals surface area contributed by atoms with Crippen molar-refractivity contribution in [2.75, 3.05) is 18.4 Å². The number of carbonyl (C=O) groups excluding carboxylic acids is 1. The summed E-state index contributed by atoms with van der Waals surface area (Å²) in [6, 6.07) is 4.00. The number of rotatable bonds is 3. The lowest BCUT2D eigenvalue weighted by Crippen LogP contribution is -2.42. The van der Waals surface area contributed by atoms with Gasteiger partial charge in [-0.05, 0) is 61.7 Å². The maximum Gasteiger partial charge on any atom is 0.410 e. The molecule has 1 aliphatic heterocycles. The van der Waals surface area contributed by atoms with E-state index in [1.807, 2.05) is 37.8 Å². The van der Waals surface area contributed by atoms with E-state index in [1.165, 1.54) is 0 Å². The van der Waals surface area contributed by atoms with Crippen molar-refractivity contribution >= 4 is 27.7 Å². The maximum atomic E-state index is 12.2. The Morgan fingerprint density at radius 1 is 1.57 bits per heavy atom. The Morgan fingerprint density at radius 3 is 3.00 bits per heavy atom. The highest BCUT2D eigenvalue weighted by molar-refractivity contribution is 9.10. The maximum absolute atomic E-state index is 12.2. The van der Waals surface area contributed by atoms with Crippen molar-refractivity contribution < 1.29 is 9.53 Å². The molecule has 0 aromatic carbocycles. The molecule has 0 saturated carbocycles. The lowest BCUT2D eigenvalue weighted by molar-refractivity contribution is 0.0235. The van der Waals surface area contributed by atoms with E-state index < -0.39 is 5.60 Å². The molecular weight excluding hydrogens is 334 g/mol. The number of anilines is 1. The number of aromatic nitrogens is 1. The van der Waals surface area contributed by atoms with Gasteiger partial charge in [-0.25, -0.2) is 9.78 Å². The van der Waals surface area contributed by atoms with Crippen LogP contribution < -0.4 is 5.32 Å². The first-order chi connectivity index (χ1) is 9.87. The molecule has 0 bridgehead atoms. The first-order valence-electron chi connectivity index (χ1n) is 7.21. The van der Waals surface area contributed by atoms with Crippen LogP contribution in [0, 0.1) is 0 Å². The van der Waals surface area contributed by atoms with E-state index >= 15 is 0 Å². The summed E-state index contributed by atoms with van der Waals surface area (Å²) in [7, 11) is 0. The molecule has 6 heteroatoms. The van der Waals surface area contributed by atoms with Crippen molar-refractivity contribution in [1.29, 1.82) is 0 Å². The van der Waals surface area contributed by atoms with Gasteiger partial charge in [0.25, 0.3) is 0 Å². The van der Waals surface area contributed by atoms with E-state index in [-0.39, 0.29) is 12.1 Å². The molecule has 1 N–H and O–H groups in total. The summed E-state index contributed by atoms with van der Waals surface area (Å²) in [5.41, 5.74) is 0.484. The number of pyridine rings is 1. The number of ether oxygens (including phenoxy) is 1. The molecule has 0 spiro atoms. The minimum Gasteiger partial charge on any atom is -0.444 e. The molecule has 1 fully saturated rings. The van der Waals surface area contributed by atoms with E-state index in [1.54, 1.807) is 6.20 Å². The second-order valence-electron chi connectivity index (χ2n) is 6.19. The number of likely N-dealkylation sites (tertiary alicyclic amines) is 1. The Labute approximate surface area is 134 Å². The molecule has 1 saturated heterocycles. The average Bonchev–Trinajstić information content (AvgIpc) is 2.84. The second kappa shape index (κ2) is 6.64. The van der Waals surface area contributed by atoms with E-state index in [2.05, 4.69) is 26.2 Å². The van der Waals surface area contributed by atoms with Crippen molar-refractivity contribution in [2.24, 2.45) is 0 Å². The third-order valence-corrected chi connectivity index (χ3v) is 3.92. The van der Waals surface area contributed by atoms with E-state index in [0.717, 1.165) is 29.7 Å². The van der Waals surface area contributed by atoms with Gasteiger partial charge in [-0.2, -0.15) is 0 Å². The number of nitrogens with zero attached hydrogens (tertiary/aromatic N) is 2. The van der Waals surface area contributed by atoms with Gasteiger partial charge >= 0.3 is 6.09 Å². The fraction of sp³-hybridized carbons (Fsp3) is 0.600. The van der Waals surface area contributed by atoms with Crippen LogP contribution in [0.25, 0.3) is 0 Å². The first kappa shape index (κ1) is 16.1. The molecule has 0 aliphatic carbocycles. The number of halogens is 1. The highest BCUT2D eigenvalue weighted by Crippen LogP contribution is 2.23. The molecule has 116 valence electrons.